The van der Waals surface area contributed by atoms with Gasteiger partial charge in [-0.3, -0.25) is 0 Å². The van der Waals surface area contributed by atoms with Gasteiger partial charge in [0.05, 0.1) is 0 Å². The van der Waals surface area contributed by atoms with Gasteiger partial charge in [-0.15, -0.1) is 0 Å². The minimum Gasteiger partial charge on any atom is -0.0999 e. The second-order valence-corrected chi connectivity index (χ2v) is 4.80. The van der Waals surface area contributed by atoms with Crippen LogP contribution in [0.1, 0.15) is 40.5 Å². The quantitative estimate of drug-likeness (QED) is 0.546. The van der Waals surface area contributed by atoms with Crippen LogP contribution < -0.4 is 0 Å². The van der Waals surface area contributed by atoms with Crippen LogP contribution in [0.5, 0.6) is 0 Å². The average molecular weight is 166 g/mol. The summed E-state index contributed by atoms with van der Waals surface area (Å²) in [6, 6.07) is 0. The van der Waals surface area contributed by atoms with E-state index in [1.807, 2.05) is 0 Å². The Morgan fingerprint density at radius 2 is 1.92 bits per heavy atom. The van der Waals surface area contributed by atoms with Crippen molar-refractivity contribution in [3.05, 3.63) is 12.2 Å². The lowest BCUT2D eigenvalue weighted by Crippen LogP contribution is -2.16. The van der Waals surface area contributed by atoms with E-state index in [1.165, 1.54) is 18.4 Å². The molecule has 70 valence electrons. The molecule has 0 nitrogen and oxygen atoms in total. The number of hydrogen-bond acceptors (Lipinski definition) is 0. The molecular weight excluding hydrogens is 144 g/mol. The molecule has 0 aromatic heterocycles. The summed E-state index contributed by atoms with van der Waals surface area (Å²) in [5, 5.41) is 0. The lowest BCUT2D eigenvalue weighted by Gasteiger charge is -2.23. The molecule has 0 bridgehead atoms. The maximum absolute atomic E-state index is 4.08. The molecule has 3 atom stereocenters. The van der Waals surface area contributed by atoms with Crippen molar-refractivity contribution in [1.82, 2.24) is 0 Å². The van der Waals surface area contributed by atoms with Crippen LogP contribution in [-0.4, -0.2) is 0 Å². The zero-order chi connectivity index (χ0) is 9.30. The predicted molar refractivity (Wildman–Crippen MR) is 55.0 cm³/mol. The van der Waals surface area contributed by atoms with E-state index >= 15 is 0 Å². The molecule has 0 amide bonds. The van der Waals surface area contributed by atoms with Gasteiger partial charge in [0.25, 0.3) is 0 Å². The largest absolute Gasteiger partial charge is 0.0999 e. The molecule has 0 aromatic rings. The highest BCUT2D eigenvalue weighted by molar-refractivity contribution is 5.03. The molecule has 0 saturated heterocycles. The minimum atomic E-state index is 0.803. The van der Waals surface area contributed by atoms with Crippen LogP contribution in [-0.2, 0) is 0 Å². The van der Waals surface area contributed by atoms with E-state index in [1.54, 1.807) is 0 Å². The summed E-state index contributed by atoms with van der Waals surface area (Å²) in [6.45, 7) is 13.4. The summed E-state index contributed by atoms with van der Waals surface area (Å²) >= 11 is 0. The van der Waals surface area contributed by atoms with Gasteiger partial charge in [0.15, 0.2) is 0 Å². The molecule has 12 heavy (non-hydrogen) atoms. The standard InChI is InChI=1S/C12H22/c1-8(2)11-6-7-12(9(3)4)10(11)5/h9-12H,1,6-7H2,2-5H3. The van der Waals surface area contributed by atoms with Crippen LogP contribution in [0.25, 0.3) is 0 Å². The molecular formula is C12H22. The van der Waals surface area contributed by atoms with E-state index < -0.39 is 0 Å². The third-order valence-corrected chi connectivity index (χ3v) is 3.61. The normalized spacial score (nSPS) is 35.9. The molecule has 0 heteroatoms. The highest BCUT2D eigenvalue weighted by Gasteiger charge is 2.34. The van der Waals surface area contributed by atoms with E-state index in [2.05, 4.69) is 34.3 Å². The van der Waals surface area contributed by atoms with Gasteiger partial charge in [-0.25, -0.2) is 0 Å². The van der Waals surface area contributed by atoms with Gasteiger partial charge in [0.2, 0.25) is 0 Å². The van der Waals surface area contributed by atoms with Crippen molar-refractivity contribution in [3.63, 3.8) is 0 Å². The molecule has 0 aromatic carbocycles. The maximum Gasteiger partial charge on any atom is -0.0180 e. The molecule has 1 rings (SSSR count). The predicted octanol–water partition coefficient (Wildman–Crippen LogP) is 3.88. The van der Waals surface area contributed by atoms with E-state index in [0.29, 0.717) is 0 Å². The Labute approximate surface area is 77.1 Å². The Kier molecular flexibility index (Phi) is 2.98. The van der Waals surface area contributed by atoms with Crippen molar-refractivity contribution in [1.29, 1.82) is 0 Å². The maximum atomic E-state index is 4.08. The van der Waals surface area contributed by atoms with Crippen LogP contribution >= 0.6 is 0 Å². The van der Waals surface area contributed by atoms with Crippen molar-refractivity contribution in [2.45, 2.75) is 40.5 Å². The first-order valence-electron chi connectivity index (χ1n) is 5.19. The van der Waals surface area contributed by atoms with Crippen molar-refractivity contribution in [3.8, 4) is 0 Å². The Hall–Kier alpha value is -0.260. The van der Waals surface area contributed by atoms with Crippen LogP contribution in [0.15, 0.2) is 12.2 Å². The van der Waals surface area contributed by atoms with Gasteiger partial charge < -0.3 is 0 Å². The number of hydrogen-bond donors (Lipinski definition) is 0. The third kappa shape index (κ3) is 1.73. The zero-order valence-corrected chi connectivity index (χ0v) is 8.93. The third-order valence-electron chi connectivity index (χ3n) is 3.61. The highest BCUT2D eigenvalue weighted by Crippen LogP contribution is 2.43. The fourth-order valence-corrected chi connectivity index (χ4v) is 2.83. The SMILES string of the molecule is C=C(C)C1CCC(C(C)C)C1C. The lowest BCUT2D eigenvalue weighted by atomic mass is 9.82. The average Bonchev–Trinajstić information content (AvgIpc) is 2.30. The fourth-order valence-electron chi connectivity index (χ4n) is 2.83. The van der Waals surface area contributed by atoms with Gasteiger partial charge in [-0.05, 0) is 43.4 Å². The summed E-state index contributed by atoms with van der Waals surface area (Å²) in [5.41, 5.74) is 1.39. The molecule has 3 unspecified atom stereocenters. The Morgan fingerprint density at radius 3 is 2.17 bits per heavy atom. The first-order chi connectivity index (χ1) is 5.54. The highest BCUT2D eigenvalue weighted by atomic mass is 14.4. The van der Waals surface area contributed by atoms with Crippen LogP contribution in [0, 0.1) is 23.7 Å². The van der Waals surface area contributed by atoms with E-state index in [9.17, 15) is 0 Å². The summed E-state index contributed by atoms with van der Waals surface area (Å²) in [4.78, 5) is 0. The summed E-state index contributed by atoms with van der Waals surface area (Å²) in [6.07, 6.45) is 2.79. The van der Waals surface area contributed by atoms with E-state index in [4.69, 9.17) is 0 Å². The Balaban J connectivity index is 2.61. The van der Waals surface area contributed by atoms with Gasteiger partial charge in [-0.1, -0.05) is 32.9 Å². The zero-order valence-electron chi connectivity index (χ0n) is 8.93. The van der Waals surface area contributed by atoms with Crippen molar-refractivity contribution in [2.24, 2.45) is 23.7 Å². The molecule has 0 N–H and O–H groups in total. The first-order valence-corrected chi connectivity index (χ1v) is 5.19. The molecule has 1 fully saturated rings. The smallest absolute Gasteiger partial charge is 0.0180 e. The molecule has 1 aliphatic carbocycles. The van der Waals surface area contributed by atoms with Crippen molar-refractivity contribution in [2.75, 3.05) is 0 Å². The monoisotopic (exact) mass is 166 g/mol. The topological polar surface area (TPSA) is 0 Å². The first kappa shape index (κ1) is 9.83. The second-order valence-electron chi connectivity index (χ2n) is 4.80. The molecule has 0 spiro atoms. The van der Waals surface area contributed by atoms with E-state index in [-0.39, 0.29) is 0 Å². The molecule has 0 heterocycles. The molecule has 0 aliphatic heterocycles. The number of allylic oxidation sites excluding steroid dienone is 1. The second kappa shape index (κ2) is 3.64. The van der Waals surface area contributed by atoms with Crippen molar-refractivity contribution < 1.29 is 0 Å². The molecule has 1 aliphatic rings. The number of rotatable bonds is 2. The molecule has 1 saturated carbocycles. The summed E-state index contributed by atoms with van der Waals surface area (Å²) in [7, 11) is 0. The fraction of sp³-hybridized carbons (Fsp3) is 0.833. The van der Waals surface area contributed by atoms with Crippen LogP contribution in [0.4, 0.5) is 0 Å². The van der Waals surface area contributed by atoms with Crippen LogP contribution in [0.3, 0.4) is 0 Å². The van der Waals surface area contributed by atoms with Crippen molar-refractivity contribution >= 4 is 0 Å². The summed E-state index contributed by atoms with van der Waals surface area (Å²) in [5.74, 6) is 3.45. The van der Waals surface area contributed by atoms with Gasteiger partial charge >= 0.3 is 0 Å². The van der Waals surface area contributed by atoms with E-state index in [0.717, 1.165) is 23.7 Å². The van der Waals surface area contributed by atoms with Gasteiger partial charge in [0.1, 0.15) is 0 Å². The summed E-state index contributed by atoms with van der Waals surface area (Å²) < 4.78 is 0. The Bertz CT molecular complexity index is 167. The minimum absolute atomic E-state index is 0.803. The Morgan fingerprint density at radius 1 is 1.33 bits per heavy atom. The van der Waals surface area contributed by atoms with Gasteiger partial charge in [-0.2, -0.15) is 0 Å². The molecule has 0 radical (unpaired) electrons. The van der Waals surface area contributed by atoms with Crippen LogP contribution in [0.2, 0.25) is 0 Å². The lowest BCUT2D eigenvalue weighted by molar-refractivity contribution is 0.289. The van der Waals surface area contributed by atoms with Gasteiger partial charge in [0, 0.05) is 0 Å².